The predicted octanol–water partition coefficient (Wildman–Crippen LogP) is -0.990. The zero-order valence-electron chi connectivity index (χ0n) is 7.98. The minimum Gasteiger partial charge on any atom is -0.480 e. The van der Waals surface area contributed by atoms with E-state index in [4.69, 9.17) is 5.11 Å². The molecular weight excluding hydrogens is 210 g/mol. The van der Waals surface area contributed by atoms with Gasteiger partial charge in [0.1, 0.15) is 15.9 Å². The van der Waals surface area contributed by atoms with Gasteiger partial charge < -0.3 is 10.4 Å². The average Bonchev–Trinajstić information content (AvgIpc) is 1.99. The molecule has 0 aliphatic carbocycles. The van der Waals surface area contributed by atoms with Gasteiger partial charge in [0.2, 0.25) is 5.91 Å². The highest BCUT2D eigenvalue weighted by atomic mass is 32.2. The number of nitrogens with one attached hydrogen (secondary N) is 1. The molecule has 0 saturated heterocycles. The SMILES string of the molecule is C[C@H](NC(=O)CCS(C)(=O)=O)C(=O)O. The fourth-order valence-corrected chi connectivity index (χ4v) is 1.21. The molecule has 0 spiro atoms. The summed E-state index contributed by atoms with van der Waals surface area (Å²) in [4.78, 5) is 21.3. The maximum Gasteiger partial charge on any atom is 0.325 e. The number of carbonyl (C=O) groups is 2. The number of hydrogen-bond acceptors (Lipinski definition) is 4. The molecule has 0 unspecified atom stereocenters. The van der Waals surface area contributed by atoms with Gasteiger partial charge in [0.05, 0.1) is 5.75 Å². The van der Waals surface area contributed by atoms with Crippen LogP contribution in [-0.2, 0) is 19.4 Å². The van der Waals surface area contributed by atoms with Gasteiger partial charge in [-0.3, -0.25) is 9.59 Å². The quantitative estimate of drug-likeness (QED) is 0.623. The van der Waals surface area contributed by atoms with Crippen LogP contribution in [0.5, 0.6) is 0 Å². The Morgan fingerprint density at radius 1 is 1.43 bits per heavy atom. The molecule has 0 bridgehead atoms. The Morgan fingerprint density at radius 3 is 2.29 bits per heavy atom. The van der Waals surface area contributed by atoms with Crippen molar-refractivity contribution in [3.8, 4) is 0 Å². The number of amides is 1. The van der Waals surface area contributed by atoms with Gasteiger partial charge in [0.25, 0.3) is 0 Å². The molecule has 0 aromatic rings. The molecule has 0 aromatic heterocycles. The van der Waals surface area contributed by atoms with Crippen LogP contribution in [0.3, 0.4) is 0 Å². The molecule has 0 radical (unpaired) electrons. The summed E-state index contributed by atoms with van der Waals surface area (Å²) in [6, 6.07) is -0.998. The normalized spacial score (nSPS) is 13.3. The Balaban J connectivity index is 3.95. The highest BCUT2D eigenvalue weighted by molar-refractivity contribution is 7.90. The fraction of sp³-hybridized carbons (Fsp3) is 0.714. The van der Waals surface area contributed by atoms with E-state index in [2.05, 4.69) is 5.32 Å². The predicted molar refractivity (Wildman–Crippen MR) is 49.6 cm³/mol. The van der Waals surface area contributed by atoms with Crippen molar-refractivity contribution in [1.29, 1.82) is 0 Å². The Morgan fingerprint density at radius 2 is 1.93 bits per heavy atom. The van der Waals surface area contributed by atoms with E-state index in [1.165, 1.54) is 6.92 Å². The standard InChI is InChI=1S/C7H13NO5S/c1-5(7(10)11)8-6(9)3-4-14(2,12)13/h5H,3-4H2,1-2H3,(H,8,9)(H,10,11)/t5-/m0/s1. The molecule has 1 amide bonds. The number of carboxylic acids is 1. The Kier molecular flexibility index (Phi) is 4.55. The fourth-order valence-electron chi connectivity index (χ4n) is 0.653. The van der Waals surface area contributed by atoms with Crippen LogP contribution >= 0.6 is 0 Å². The van der Waals surface area contributed by atoms with E-state index in [9.17, 15) is 18.0 Å². The summed E-state index contributed by atoms with van der Waals surface area (Å²) >= 11 is 0. The average molecular weight is 223 g/mol. The van der Waals surface area contributed by atoms with E-state index in [1.54, 1.807) is 0 Å². The van der Waals surface area contributed by atoms with Crippen LogP contribution in [0.1, 0.15) is 13.3 Å². The van der Waals surface area contributed by atoms with Gasteiger partial charge in [-0.15, -0.1) is 0 Å². The third-order valence-corrected chi connectivity index (χ3v) is 2.39. The summed E-state index contributed by atoms with van der Waals surface area (Å²) in [7, 11) is -3.18. The van der Waals surface area contributed by atoms with Crippen LogP contribution in [-0.4, -0.2) is 43.5 Å². The molecule has 0 aromatic carbocycles. The number of carbonyl (C=O) groups excluding carboxylic acids is 1. The molecule has 2 N–H and O–H groups in total. The summed E-state index contributed by atoms with van der Waals surface area (Å²) in [6.45, 7) is 1.31. The minimum absolute atomic E-state index is 0.212. The highest BCUT2D eigenvalue weighted by Crippen LogP contribution is 1.90. The van der Waals surface area contributed by atoms with Crippen LogP contribution in [0.15, 0.2) is 0 Å². The molecule has 0 aliphatic rings. The van der Waals surface area contributed by atoms with Crippen molar-refractivity contribution in [3.05, 3.63) is 0 Å². The van der Waals surface area contributed by atoms with Gasteiger partial charge in [-0.05, 0) is 6.92 Å². The van der Waals surface area contributed by atoms with E-state index in [0.29, 0.717) is 0 Å². The summed E-state index contributed by atoms with van der Waals surface area (Å²) in [6.07, 6.45) is 0.803. The lowest BCUT2D eigenvalue weighted by Crippen LogP contribution is -2.38. The second-order valence-electron chi connectivity index (χ2n) is 3.01. The molecule has 0 fully saturated rings. The largest absolute Gasteiger partial charge is 0.480 e. The molecule has 14 heavy (non-hydrogen) atoms. The topological polar surface area (TPSA) is 101 Å². The second-order valence-corrected chi connectivity index (χ2v) is 5.27. The molecule has 7 heteroatoms. The van der Waals surface area contributed by atoms with Gasteiger partial charge in [0, 0.05) is 12.7 Å². The number of rotatable bonds is 5. The lowest BCUT2D eigenvalue weighted by atomic mass is 10.3. The molecule has 82 valence electrons. The zero-order valence-corrected chi connectivity index (χ0v) is 8.80. The Bertz CT molecular complexity index is 321. The van der Waals surface area contributed by atoms with Crippen molar-refractivity contribution < 1.29 is 23.1 Å². The lowest BCUT2D eigenvalue weighted by Gasteiger charge is -2.08. The highest BCUT2D eigenvalue weighted by Gasteiger charge is 2.14. The first-order chi connectivity index (χ1) is 6.22. The molecule has 1 atom stereocenters. The number of hydrogen-bond donors (Lipinski definition) is 2. The van der Waals surface area contributed by atoms with Crippen LogP contribution in [0.25, 0.3) is 0 Å². The van der Waals surface area contributed by atoms with Crippen molar-refractivity contribution in [2.75, 3.05) is 12.0 Å². The number of aliphatic carboxylic acids is 1. The zero-order chi connectivity index (χ0) is 11.4. The van der Waals surface area contributed by atoms with Crippen molar-refractivity contribution in [3.63, 3.8) is 0 Å². The van der Waals surface area contributed by atoms with E-state index >= 15 is 0 Å². The molecular formula is C7H13NO5S. The molecule has 0 aliphatic heterocycles. The van der Waals surface area contributed by atoms with Gasteiger partial charge in [0.15, 0.2) is 0 Å². The van der Waals surface area contributed by atoms with E-state index in [0.717, 1.165) is 6.26 Å². The molecule has 0 heterocycles. The Hall–Kier alpha value is -1.11. The first-order valence-corrected chi connectivity index (χ1v) is 5.98. The van der Waals surface area contributed by atoms with Crippen LogP contribution in [0.4, 0.5) is 0 Å². The van der Waals surface area contributed by atoms with Gasteiger partial charge in [-0.2, -0.15) is 0 Å². The van der Waals surface area contributed by atoms with Crippen molar-refractivity contribution in [2.24, 2.45) is 0 Å². The van der Waals surface area contributed by atoms with Crippen molar-refractivity contribution >= 4 is 21.7 Å². The number of carboxylic acid groups (broad SMARTS) is 1. The monoisotopic (exact) mass is 223 g/mol. The first-order valence-electron chi connectivity index (χ1n) is 3.92. The third kappa shape index (κ3) is 6.41. The van der Waals surface area contributed by atoms with E-state index in [-0.39, 0.29) is 12.2 Å². The second kappa shape index (κ2) is 4.94. The van der Waals surface area contributed by atoms with Crippen LogP contribution in [0, 0.1) is 0 Å². The van der Waals surface area contributed by atoms with E-state index in [1.807, 2.05) is 0 Å². The first kappa shape index (κ1) is 12.9. The van der Waals surface area contributed by atoms with Crippen molar-refractivity contribution in [2.45, 2.75) is 19.4 Å². The number of sulfone groups is 1. The summed E-state index contributed by atoms with van der Waals surface area (Å²) < 4.78 is 21.3. The third-order valence-electron chi connectivity index (χ3n) is 1.45. The summed E-state index contributed by atoms with van der Waals surface area (Å²) in [5, 5.41) is 10.6. The smallest absolute Gasteiger partial charge is 0.325 e. The molecule has 0 rings (SSSR count). The lowest BCUT2D eigenvalue weighted by molar-refractivity contribution is -0.141. The summed E-state index contributed by atoms with van der Waals surface area (Å²) in [5.74, 6) is -2.01. The van der Waals surface area contributed by atoms with Crippen LogP contribution in [0.2, 0.25) is 0 Å². The Labute approximate surface area is 82.2 Å². The van der Waals surface area contributed by atoms with Gasteiger partial charge >= 0.3 is 5.97 Å². The maximum atomic E-state index is 11.0. The maximum absolute atomic E-state index is 11.0. The van der Waals surface area contributed by atoms with Crippen molar-refractivity contribution in [1.82, 2.24) is 5.32 Å². The van der Waals surface area contributed by atoms with Gasteiger partial charge in [-0.1, -0.05) is 0 Å². The van der Waals surface area contributed by atoms with E-state index < -0.39 is 27.8 Å². The summed E-state index contributed by atoms with van der Waals surface area (Å²) in [5.41, 5.74) is 0. The van der Waals surface area contributed by atoms with Crippen LogP contribution < -0.4 is 5.32 Å². The molecule has 0 saturated carbocycles. The molecule has 6 nitrogen and oxygen atoms in total. The minimum atomic E-state index is -3.18. The van der Waals surface area contributed by atoms with Gasteiger partial charge in [-0.25, -0.2) is 8.42 Å².